The van der Waals surface area contributed by atoms with Crippen LogP contribution in [0.15, 0.2) is 72.8 Å². The molecule has 4 rings (SSSR count). The summed E-state index contributed by atoms with van der Waals surface area (Å²) in [4.78, 5) is 12.7. The van der Waals surface area contributed by atoms with Crippen LogP contribution in [0.2, 0.25) is 5.02 Å². The molecule has 0 aromatic heterocycles. The SMILES string of the molecule is O=C(Nc1ccccc1Oc1ccccc1Cl)C1COc2ccccc2O1. The largest absolute Gasteiger partial charge is 0.485 e. The maximum Gasteiger partial charge on any atom is 0.269 e. The number of nitrogens with one attached hydrogen (secondary N) is 1. The van der Waals surface area contributed by atoms with Crippen LogP contribution in [0.5, 0.6) is 23.0 Å². The van der Waals surface area contributed by atoms with Gasteiger partial charge in [0.2, 0.25) is 6.10 Å². The van der Waals surface area contributed by atoms with E-state index in [1.165, 1.54) is 0 Å². The summed E-state index contributed by atoms with van der Waals surface area (Å²) in [7, 11) is 0. The predicted octanol–water partition coefficient (Wildman–Crippen LogP) is 4.91. The number of hydrogen-bond donors (Lipinski definition) is 1. The van der Waals surface area contributed by atoms with E-state index < -0.39 is 6.10 Å². The van der Waals surface area contributed by atoms with Crippen molar-refractivity contribution in [2.45, 2.75) is 6.10 Å². The van der Waals surface area contributed by atoms with Gasteiger partial charge in [-0.3, -0.25) is 4.79 Å². The number of carbonyl (C=O) groups is 1. The second kappa shape index (κ2) is 7.60. The Balaban J connectivity index is 1.50. The number of halogens is 1. The van der Waals surface area contributed by atoms with Crippen molar-refractivity contribution in [2.24, 2.45) is 0 Å². The summed E-state index contributed by atoms with van der Waals surface area (Å²) < 4.78 is 17.2. The average molecular weight is 382 g/mol. The standard InChI is InChI=1S/C21H16ClNO4/c22-14-7-1-3-9-16(14)26-17-10-4-2-8-15(17)23-21(24)20-13-25-18-11-5-6-12-19(18)27-20/h1-12,20H,13H2,(H,23,24). The second-order valence-electron chi connectivity index (χ2n) is 5.88. The highest BCUT2D eigenvalue weighted by Crippen LogP contribution is 2.34. The average Bonchev–Trinajstić information content (AvgIpc) is 2.70. The third-order valence-corrected chi connectivity index (χ3v) is 4.31. The Morgan fingerprint density at radius 1 is 0.926 bits per heavy atom. The van der Waals surface area contributed by atoms with Crippen LogP contribution in [0, 0.1) is 0 Å². The number of amides is 1. The summed E-state index contributed by atoms with van der Waals surface area (Å²) in [5.74, 6) is 1.84. The Kier molecular flexibility index (Phi) is 4.85. The molecule has 5 nitrogen and oxygen atoms in total. The van der Waals surface area contributed by atoms with Crippen molar-refractivity contribution in [3.63, 3.8) is 0 Å². The van der Waals surface area contributed by atoms with Gasteiger partial charge in [0.25, 0.3) is 5.91 Å². The lowest BCUT2D eigenvalue weighted by Crippen LogP contribution is -2.40. The molecule has 0 aliphatic carbocycles. The van der Waals surface area contributed by atoms with Gasteiger partial charge in [-0.2, -0.15) is 0 Å². The molecule has 1 heterocycles. The summed E-state index contributed by atoms with van der Waals surface area (Å²) >= 11 is 6.15. The van der Waals surface area contributed by atoms with Gasteiger partial charge in [0, 0.05) is 0 Å². The number of rotatable bonds is 4. The minimum Gasteiger partial charge on any atom is -0.485 e. The molecule has 0 spiro atoms. The van der Waals surface area contributed by atoms with Gasteiger partial charge < -0.3 is 19.5 Å². The zero-order chi connectivity index (χ0) is 18.6. The topological polar surface area (TPSA) is 56.8 Å². The van der Waals surface area contributed by atoms with Crippen molar-refractivity contribution in [3.05, 3.63) is 77.8 Å². The van der Waals surface area contributed by atoms with E-state index in [4.69, 9.17) is 25.8 Å². The highest BCUT2D eigenvalue weighted by atomic mass is 35.5. The Labute approximate surface area is 161 Å². The predicted molar refractivity (Wildman–Crippen MR) is 103 cm³/mol. The van der Waals surface area contributed by atoms with Gasteiger partial charge in [-0.1, -0.05) is 48.0 Å². The number of benzene rings is 3. The monoisotopic (exact) mass is 381 g/mol. The molecule has 3 aromatic carbocycles. The van der Waals surface area contributed by atoms with Crippen LogP contribution in [0.25, 0.3) is 0 Å². The number of fused-ring (bicyclic) bond motifs is 1. The van der Waals surface area contributed by atoms with Crippen LogP contribution in [-0.2, 0) is 4.79 Å². The molecule has 1 unspecified atom stereocenters. The van der Waals surface area contributed by atoms with Crippen molar-refractivity contribution in [1.82, 2.24) is 0 Å². The molecule has 3 aromatic rings. The summed E-state index contributed by atoms with van der Waals surface area (Å²) in [5.41, 5.74) is 0.518. The zero-order valence-electron chi connectivity index (χ0n) is 14.2. The summed E-state index contributed by atoms with van der Waals surface area (Å²) in [5, 5.41) is 3.32. The molecule has 1 aliphatic rings. The number of anilines is 1. The first-order chi connectivity index (χ1) is 13.2. The van der Waals surface area contributed by atoms with Gasteiger partial charge in [0.15, 0.2) is 17.2 Å². The van der Waals surface area contributed by atoms with E-state index in [1.54, 1.807) is 36.4 Å². The summed E-state index contributed by atoms with van der Waals surface area (Å²) in [6.45, 7) is 0.135. The van der Waals surface area contributed by atoms with Crippen molar-refractivity contribution >= 4 is 23.2 Å². The molecule has 0 saturated heterocycles. The quantitative estimate of drug-likeness (QED) is 0.697. The molecule has 0 saturated carbocycles. The fourth-order valence-corrected chi connectivity index (χ4v) is 2.84. The molecular formula is C21H16ClNO4. The van der Waals surface area contributed by atoms with Crippen LogP contribution >= 0.6 is 11.6 Å². The van der Waals surface area contributed by atoms with Gasteiger partial charge >= 0.3 is 0 Å². The van der Waals surface area contributed by atoms with Crippen LogP contribution in [0.3, 0.4) is 0 Å². The normalized spacial score (nSPS) is 15.1. The molecule has 6 heteroatoms. The van der Waals surface area contributed by atoms with Crippen LogP contribution in [-0.4, -0.2) is 18.6 Å². The van der Waals surface area contributed by atoms with E-state index in [0.29, 0.717) is 33.7 Å². The van der Waals surface area contributed by atoms with Gasteiger partial charge in [0.05, 0.1) is 10.7 Å². The maximum absolute atomic E-state index is 12.7. The van der Waals surface area contributed by atoms with E-state index >= 15 is 0 Å². The molecule has 0 fully saturated rings. The molecule has 27 heavy (non-hydrogen) atoms. The molecule has 1 amide bonds. The van der Waals surface area contributed by atoms with E-state index in [0.717, 1.165) is 0 Å². The third kappa shape index (κ3) is 3.83. The maximum atomic E-state index is 12.7. The van der Waals surface area contributed by atoms with Crippen molar-refractivity contribution in [1.29, 1.82) is 0 Å². The fourth-order valence-electron chi connectivity index (χ4n) is 2.67. The van der Waals surface area contributed by atoms with Crippen LogP contribution in [0.4, 0.5) is 5.69 Å². The Morgan fingerprint density at radius 2 is 1.59 bits per heavy atom. The van der Waals surface area contributed by atoms with Crippen molar-refractivity contribution in [3.8, 4) is 23.0 Å². The van der Waals surface area contributed by atoms with Gasteiger partial charge in [-0.25, -0.2) is 0 Å². The number of hydrogen-bond acceptors (Lipinski definition) is 4. The van der Waals surface area contributed by atoms with Crippen molar-refractivity contribution in [2.75, 3.05) is 11.9 Å². The van der Waals surface area contributed by atoms with E-state index in [1.807, 2.05) is 36.4 Å². The Bertz CT molecular complexity index is 976. The van der Waals surface area contributed by atoms with Crippen molar-refractivity contribution < 1.29 is 19.0 Å². The lowest BCUT2D eigenvalue weighted by Gasteiger charge is -2.25. The Hall–Kier alpha value is -3.18. The Morgan fingerprint density at radius 3 is 2.41 bits per heavy atom. The molecule has 0 bridgehead atoms. The third-order valence-electron chi connectivity index (χ3n) is 4.00. The zero-order valence-corrected chi connectivity index (χ0v) is 15.0. The molecule has 136 valence electrons. The summed E-state index contributed by atoms with van der Waals surface area (Å²) in [6, 6.07) is 21.5. The molecule has 1 N–H and O–H groups in total. The number of ether oxygens (including phenoxy) is 3. The highest BCUT2D eigenvalue weighted by molar-refractivity contribution is 6.32. The van der Waals surface area contributed by atoms with Gasteiger partial charge in [-0.05, 0) is 36.4 Å². The minimum absolute atomic E-state index is 0.135. The van der Waals surface area contributed by atoms with E-state index in [2.05, 4.69) is 5.32 Å². The lowest BCUT2D eigenvalue weighted by molar-refractivity contribution is -0.125. The molecule has 1 aliphatic heterocycles. The highest BCUT2D eigenvalue weighted by Gasteiger charge is 2.27. The second-order valence-corrected chi connectivity index (χ2v) is 6.29. The molecule has 0 radical (unpaired) electrons. The first kappa shape index (κ1) is 17.2. The number of para-hydroxylation sites is 5. The summed E-state index contributed by atoms with van der Waals surface area (Å²) in [6.07, 6.45) is -0.756. The van der Waals surface area contributed by atoms with Crippen LogP contribution in [0.1, 0.15) is 0 Å². The lowest BCUT2D eigenvalue weighted by atomic mass is 10.2. The van der Waals surface area contributed by atoms with E-state index in [-0.39, 0.29) is 12.5 Å². The fraction of sp³-hybridized carbons (Fsp3) is 0.0952. The smallest absolute Gasteiger partial charge is 0.269 e. The molecular weight excluding hydrogens is 366 g/mol. The van der Waals surface area contributed by atoms with E-state index in [9.17, 15) is 4.79 Å². The van der Waals surface area contributed by atoms with Gasteiger partial charge in [0.1, 0.15) is 12.4 Å². The minimum atomic E-state index is -0.756. The molecule has 1 atom stereocenters. The number of carbonyl (C=O) groups excluding carboxylic acids is 1. The van der Waals surface area contributed by atoms with Gasteiger partial charge in [-0.15, -0.1) is 0 Å². The first-order valence-corrected chi connectivity index (χ1v) is 8.79. The van der Waals surface area contributed by atoms with Crippen LogP contribution < -0.4 is 19.5 Å². The first-order valence-electron chi connectivity index (χ1n) is 8.41.